The molecule has 5 nitrogen and oxygen atoms in total. The molecule has 0 fully saturated rings. The molecule has 150 valence electrons. The van der Waals surface area contributed by atoms with E-state index in [-0.39, 0.29) is 7.43 Å². The lowest BCUT2D eigenvalue weighted by Crippen LogP contribution is -2.49. The van der Waals surface area contributed by atoms with Gasteiger partial charge in [0.1, 0.15) is 0 Å². The molecule has 0 atom stereocenters. The number of halogens is 2. The Morgan fingerprint density at radius 2 is 1.26 bits per heavy atom. The fraction of sp³-hybridized carbons (Fsp3) is 0.350. The third kappa shape index (κ3) is 7.01. The number of hydrogen-bond acceptors (Lipinski definition) is 4. The van der Waals surface area contributed by atoms with Gasteiger partial charge in [0.2, 0.25) is 0 Å². The summed E-state index contributed by atoms with van der Waals surface area (Å²) in [6, 6.07) is 11.3. The molecule has 2 aromatic carbocycles. The van der Waals surface area contributed by atoms with E-state index in [9.17, 15) is 0 Å². The number of nitrogen functional groups attached to an aromatic ring is 2. The van der Waals surface area contributed by atoms with Gasteiger partial charge in [-0.2, -0.15) is 0 Å². The third-order valence-electron chi connectivity index (χ3n) is 4.73. The Hall–Kier alpha value is -1.82. The maximum atomic E-state index is 6.06. The van der Waals surface area contributed by atoms with Crippen LogP contribution in [0.15, 0.2) is 36.4 Å². The molecule has 0 saturated carbocycles. The molecule has 6 N–H and O–H groups in total. The number of rotatable bonds is 9. The first-order valence-electron chi connectivity index (χ1n) is 8.74. The van der Waals surface area contributed by atoms with Crippen molar-refractivity contribution in [3.63, 3.8) is 0 Å². The molecule has 7 heteroatoms. The van der Waals surface area contributed by atoms with E-state index in [0.29, 0.717) is 21.4 Å². The summed E-state index contributed by atoms with van der Waals surface area (Å²) in [5, 5.41) is 7.99. The van der Waals surface area contributed by atoms with E-state index in [1.54, 1.807) is 0 Å². The van der Waals surface area contributed by atoms with E-state index in [1.807, 2.05) is 36.4 Å². The van der Waals surface area contributed by atoms with Crippen molar-refractivity contribution < 1.29 is 4.48 Å². The van der Waals surface area contributed by atoms with Crippen LogP contribution in [0.3, 0.4) is 0 Å². The Labute approximate surface area is 173 Å². The van der Waals surface area contributed by atoms with Crippen molar-refractivity contribution in [2.45, 2.75) is 6.92 Å². The smallest absolute Gasteiger partial charge is 0.0960 e. The Morgan fingerprint density at radius 3 is 1.59 bits per heavy atom. The van der Waals surface area contributed by atoms with Crippen LogP contribution in [-0.4, -0.2) is 44.3 Å². The van der Waals surface area contributed by atoms with E-state index < -0.39 is 0 Å². The molecule has 0 saturated heterocycles. The summed E-state index contributed by atoms with van der Waals surface area (Å²) in [6.07, 6.45) is 0. The minimum absolute atomic E-state index is 0. The van der Waals surface area contributed by atoms with Gasteiger partial charge < -0.3 is 34.0 Å². The second-order valence-corrected chi connectivity index (χ2v) is 7.52. The highest BCUT2D eigenvalue weighted by atomic mass is 35.5. The van der Waals surface area contributed by atoms with Crippen molar-refractivity contribution in [1.82, 2.24) is 0 Å². The summed E-state index contributed by atoms with van der Waals surface area (Å²) in [6.45, 7) is 6.98. The molecular formula is C20H31Cl2N5. The van der Waals surface area contributed by atoms with Gasteiger partial charge in [0.15, 0.2) is 0 Å². The molecule has 0 unspecified atom stereocenters. The number of nitrogens with zero attached hydrogens (tertiary/aromatic N) is 1. The van der Waals surface area contributed by atoms with Crippen molar-refractivity contribution in [2.75, 3.05) is 61.9 Å². The number of likely N-dealkylation sites (N-methyl/N-ethyl adjacent to an activating group) is 1. The summed E-state index contributed by atoms with van der Waals surface area (Å²) in [5.74, 6) is 0. The first-order chi connectivity index (χ1) is 12.3. The lowest BCUT2D eigenvalue weighted by atomic mass is 10.2. The number of quaternary nitrogens is 1. The SMILES string of the molecule is CC[N+](C)(CCNc1ccc(N)c(Cl)c1)CCNc1ccc(N)c(Cl)c1.[CH3-]. The van der Waals surface area contributed by atoms with E-state index >= 15 is 0 Å². The molecule has 0 heterocycles. The van der Waals surface area contributed by atoms with Gasteiger partial charge in [-0.3, -0.25) is 0 Å². The molecule has 2 rings (SSSR count). The number of nitrogens with two attached hydrogens (primary N) is 2. The van der Waals surface area contributed by atoms with Crippen molar-refractivity contribution in [3.05, 3.63) is 53.9 Å². The Balaban J connectivity index is 0.00000364. The number of hydrogen-bond donors (Lipinski definition) is 4. The molecule has 0 spiro atoms. The Kier molecular flexibility index (Phi) is 9.03. The van der Waals surface area contributed by atoms with Gasteiger partial charge in [0.25, 0.3) is 0 Å². The molecule has 0 bridgehead atoms. The quantitative estimate of drug-likeness (QED) is 0.276. The maximum Gasteiger partial charge on any atom is 0.0960 e. The number of anilines is 4. The van der Waals surface area contributed by atoms with E-state index in [4.69, 9.17) is 34.7 Å². The zero-order valence-electron chi connectivity index (χ0n) is 16.4. The van der Waals surface area contributed by atoms with Gasteiger partial charge >= 0.3 is 0 Å². The minimum Gasteiger partial charge on any atom is -0.398 e. The van der Waals surface area contributed by atoms with Gasteiger partial charge in [0.05, 0.1) is 61.2 Å². The van der Waals surface area contributed by atoms with Gasteiger partial charge in [0, 0.05) is 11.4 Å². The lowest BCUT2D eigenvalue weighted by molar-refractivity contribution is -0.904. The summed E-state index contributed by atoms with van der Waals surface area (Å²) in [4.78, 5) is 0. The predicted molar refractivity (Wildman–Crippen MR) is 122 cm³/mol. The highest BCUT2D eigenvalue weighted by molar-refractivity contribution is 6.33. The van der Waals surface area contributed by atoms with Crippen LogP contribution < -0.4 is 22.1 Å². The standard InChI is InChI=1S/C19H28Cl2N5.CH3/c1-3-26(2,10-8-24-14-4-6-18(22)16(20)12-14)11-9-25-15-5-7-19(23)17(21)13-15;/h4-7,12-13,24-25H,3,8-11,22-23H2,1-2H3;1H3/q+1;-1. The van der Waals surface area contributed by atoms with Crippen LogP contribution in [0, 0.1) is 7.43 Å². The molecular weight excluding hydrogens is 381 g/mol. The fourth-order valence-corrected chi connectivity index (χ4v) is 3.00. The summed E-state index contributed by atoms with van der Waals surface area (Å²) in [7, 11) is 2.26. The van der Waals surface area contributed by atoms with Crippen LogP contribution in [0.2, 0.25) is 10.0 Å². The maximum absolute atomic E-state index is 6.06. The van der Waals surface area contributed by atoms with Crippen molar-refractivity contribution in [3.8, 4) is 0 Å². The molecule has 0 aromatic heterocycles. The van der Waals surface area contributed by atoms with Crippen molar-refractivity contribution in [2.24, 2.45) is 0 Å². The summed E-state index contributed by atoms with van der Waals surface area (Å²) >= 11 is 12.1. The van der Waals surface area contributed by atoms with E-state index in [0.717, 1.165) is 48.6 Å². The second kappa shape index (κ2) is 10.5. The Bertz CT molecular complexity index is 679. The zero-order valence-corrected chi connectivity index (χ0v) is 17.9. The lowest BCUT2D eigenvalue weighted by Gasteiger charge is -2.34. The first kappa shape index (κ1) is 23.2. The third-order valence-corrected chi connectivity index (χ3v) is 5.38. The topological polar surface area (TPSA) is 76.1 Å². The molecule has 0 aliphatic heterocycles. The van der Waals surface area contributed by atoms with Crippen LogP contribution in [0.1, 0.15) is 6.92 Å². The molecule has 2 aromatic rings. The van der Waals surface area contributed by atoms with Crippen LogP contribution in [0.4, 0.5) is 22.7 Å². The highest BCUT2D eigenvalue weighted by Crippen LogP contribution is 2.23. The Morgan fingerprint density at radius 1 is 0.852 bits per heavy atom. The van der Waals surface area contributed by atoms with Crippen LogP contribution >= 0.6 is 23.2 Å². The van der Waals surface area contributed by atoms with Gasteiger partial charge in [-0.25, -0.2) is 0 Å². The average Bonchev–Trinajstić information content (AvgIpc) is 2.61. The zero-order chi connectivity index (χ0) is 19.2. The molecule has 0 amide bonds. The monoisotopic (exact) mass is 411 g/mol. The normalized spacial score (nSPS) is 11.0. The van der Waals surface area contributed by atoms with Gasteiger partial charge in [-0.1, -0.05) is 23.2 Å². The van der Waals surface area contributed by atoms with E-state index in [2.05, 4.69) is 24.6 Å². The molecule has 27 heavy (non-hydrogen) atoms. The van der Waals surface area contributed by atoms with E-state index in [1.165, 1.54) is 0 Å². The van der Waals surface area contributed by atoms with Gasteiger partial charge in [-0.15, -0.1) is 0 Å². The van der Waals surface area contributed by atoms with Crippen LogP contribution in [-0.2, 0) is 0 Å². The number of benzene rings is 2. The summed E-state index contributed by atoms with van der Waals surface area (Å²) in [5.41, 5.74) is 14.7. The van der Waals surface area contributed by atoms with Crippen molar-refractivity contribution >= 4 is 46.0 Å². The van der Waals surface area contributed by atoms with Crippen LogP contribution in [0.25, 0.3) is 0 Å². The summed E-state index contributed by atoms with van der Waals surface area (Å²) < 4.78 is 0.950. The average molecular weight is 412 g/mol. The molecule has 0 aliphatic rings. The first-order valence-corrected chi connectivity index (χ1v) is 9.50. The molecule has 0 aliphatic carbocycles. The molecule has 0 radical (unpaired) electrons. The predicted octanol–water partition coefficient (Wildman–Crippen LogP) is 4.60. The number of nitrogens with one attached hydrogen (secondary N) is 2. The minimum atomic E-state index is 0. The van der Waals surface area contributed by atoms with Gasteiger partial charge in [-0.05, 0) is 43.3 Å². The second-order valence-electron chi connectivity index (χ2n) is 6.71. The van der Waals surface area contributed by atoms with Crippen LogP contribution in [0.5, 0.6) is 0 Å². The largest absolute Gasteiger partial charge is 0.398 e. The highest BCUT2D eigenvalue weighted by Gasteiger charge is 2.18. The fourth-order valence-electron chi connectivity index (χ4n) is 2.64. The van der Waals surface area contributed by atoms with Crippen molar-refractivity contribution in [1.29, 1.82) is 0 Å².